The summed E-state index contributed by atoms with van der Waals surface area (Å²) in [5.74, 6) is -0.902. The third kappa shape index (κ3) is 4.45. The molecule has 0 aliphatic carbocycles. The molecule has 0 aromatic heterocycles. The van der Waals surface area contributed by atoms with Crippen molar-refractivity contribution in [2.24, 2.45) is 0 Å². The minimum absolute atomic E-state index is 0.0409. The Hall–Kier alpha value is -0.210. The maximum Gasteiger partial charge on any atom is 0.354 e. The summed E-state index contributed by atoms with van der Waals surface area (Å²) < 4.78 is 3.29. The van der Waals surface area contributed by atoms with Crippen molar-refractivity contribution in [3.05, 3.63) is 11.8 Å². The summed E-state index contributed by atoms with van der Waals surface area (Å²) in [4.78, 5) is 26.5. The molecule has 0 radical (unpaired) electrons. The zero-order valence-corrected chi connectivity index (χ0v) is 16.2. The minimum atomic E-state index is -1.69. The molecular weight excluding hydrogens is 403 g/mol. The second kappa shape index (κ2) is 7.35. The number of nitrogens with one attached hydrogen (secondary N) is 1. The molecule has 0 bridgehead atoms. The highest BCUT2D eigenvalue weighted by Crippen LogP contribution is 2.41. The third-order valence-electron chi connectivity index (χ3n) is 3.26. The van der Waals surface area contributed by atoms with E-state index in [4.69, 9.17) is 51.8 Å². The van der Waals surface area contributed by atoms with E-state index in [2.05, 4.69) is 5.32 Å². The monoisotopic (exact) mass is 416 g/mol. The highest BCUT2D eigenvalue weighted by Gasteiger charge is 2.53. The van der Waals surface area contributed by atoms with E-state index in [9.17, 15) is 9.59 Å². The summed E-state index contributed by atoms with van der Waals surface area (Å²) in [6.07, 6.45) is 2.33. The first-order chi connectivity index (χ1) is 10.6. The number of nitrogens with zero attached hydrogens (tertiary/aromatic N) is 1. The average Bonchev–Trinajstić information content (AvgIpc) is 2.48. The van der Waals surface area contributed by atoms with Gasteiger partial charge in [0.25, 0.3) is 5.91 Å². The Labute approximate surface area is 159 Å². The number of hydrogen-bond acceptors (Lipinski definition) is 5. The molecule has 2 aliphatic heterocycles. The lowest BCUT2D eigenvalue weighted by atomic mass is 10.0. The van der Waals surface area contributed by atoms with Crippen LogP contribution < -0.4 is 5.32 Å². The molecule has 2 unspecified atom stereocenters. The SMILES string of the molecule is CCC(=S)NC1C(=O)N2C(C(=O)OCC(Cl)(Cl)Cl)=CC(C)S[C@@H]12. The van der Waals surface area contributed by atoms with Gasteiger partial charge in [-0.05, 0) is 19.4 Å². The van der Waals surface area contributed by atoms with Gasteiger partial charge in [0.2, 0.25) is 3.79 Å². The van der Waals surface area contributed by atoms with Gasteiger partial charge in [0.1, 0.15) is 23.7 Å². The van der Waals surface area contributed by atoms with Gasteiger partial charge in [-0.25, -0.2) is 4.79 Å². The van der Waals surface area contributed by atoms with Gasteiger partial charge in [0.15, 0.2) is 0 Å². The number of halogens is 3. The number of carbonyl (C=O) groups excluding carboxylic acids is 2. The Morgan fingerprint density at radius 1 is 1.52 bits per heavy atom. The van der Waals surface area contributed by atoms with Crippen LogP contribution >= 0.6 is 58.8 Å². The van der Waals surface area contributed by atoms with E-state index in [0.29, 0.717) is 11.4 Å². The van der Waals surface area contributed by atoms with Gasteiger partial charge in [0.05, 0.1) is 4.99 Å². The first kappa shape index (κ1) is 19.1. The molecule has 1 amide bonds. The van der Waals surface area contributed by atoms with Crippen LogP contribution in [0.5, 0.6) is 0 Å². The predicted octanol–water partition coefficient (Wildman–Crippen LogP) is 2.78. The summed E-state index contributed by atoms with van der Waals surface area (Å²) in [7, 11) is 0. The van der Waals surface area contributed by atoms with Crippen LogP contribution in [0.25, 0.3) is 0 Å². The van der Waals surface area contributed by atoms with Crippen molar-refractivity contribution in [2.45, 2.75) is 40.7 Å². The van der Waals surface area contributed by atoms with Crippen molar-refractivity contribution < 1.29 is 14.3 Å². The fourth-order valence-electron chi connectivity index (χ4n) is 2.22. The molecule has 3 atom stereocenters. The number of alkyl halides is 3. The number of hydrogen-bond donors (Lipinski definition) is 1. The largest absolute Gasteiger partial charge is 0.456 e. The second-order valence-corrected chi connectivity index (χ2v) is 9.59. The molecule has 1 fully saturated rings. The number of rotatable bonds is 4. The zero-order valence-electron chi connectivity index (χ0n) is 12.3. The predicted molar refractivity (Wildman–Crippen MR) is 96.8 cm³/mol. The van der Waals surface area contributed by atoms with Crippen molar-refractivity contribution in [2.75, 3.05) is 6.61 Å². The van der Waals surface area contributed by atoms with Crippen LogP contribution in [0.4, 0.5) is 0 Å². The summed E-state index contributed by atoms with van der Waals surface area (Å²) in [6, 6.07) is -0.431. The highest BCUT2D eigenvalue weighted by atomic mass is 35.6. The van der Waals surface area contributed by atoms with Crippen LogP contribution in [0.2, 0.25) is 0 Å². The quantitative estimate of drug-likeness (QED) is 0.328. The minimum Gasteiger partial charge on any atom is -0.456 e. The molecule has 128 valence electrons. The molecule has 23 heavy (non-hydrogen) atoms. The van der Waals surface area contributed by atoms with Crippen molar-refractivity contribution >= 4 is 75.6 Å². The third-order valence-corrected chi connectivity index (χ3v) is 5.32. The lowest BCUT2D eigenvalue weighted by Gasteiger charge is -2.50. The maximum atomic E-state index is 12.3. The Bertz CT molecular complexity index is 565. The number of carbonyl (C=O) groups is 2. The van der Waals surface area contributed by atoms with Crippen LogP contribution in [0.1, 0.15) is 20.3 Å². The number of ether oxygens (including phenoxy) is 1. The molecule has 0 saturated carbocycles. The van der Waals surface area contributed by atoms with E-state index in [-0.39, 0.29) is 28.8 Å². The van der Waals surface area contributed by atoms with Gasteiger partial charge in [0, 0.05) is 5.25 Å². The second-order valence-electron chi connectivity index (χ2n) is 5.08. The van der Waals surface area contributed by atoms with Crippen molar-refractivity contribution in [1.82, 2.24) is 10.2 Å². The molecule has 2 rings (SSSR count). The number of amides is 1. The standard InChI is InChI=1S/C13H15Cl3N2O3S2/c1-3-8(22)17-9-10(19)18-7(4-6(2)23-11(9)18)12(20)21-5-13(14,15)16/h4,6,9,11H,3,5H2,1-2H3,(H,17,22)/t6?,9?,11-/m0/s1. The first-order valence-electron chi connectivity index (χ1n) is 6.87. The maximum absolute atomic E-state index is 12.3. The highest BCUT2D eigenvalue weighted by molar-refractivity contribution is 8.00. The van der Waals surface area contributed by atoms with Crippen molar-refractivity contribution in [3.8, 4) is 0 Å². The molecule has 0 aromatic carbocycles. The molecule has 0 aromatic rings. The number of fused-ring (bicyclic) bond motifs is 1. The van der Waals surface area contributed by atoms with E-state index < -0.39 is 15.8 Å². The normalized spacial score (nSPS) is 26.8. The van der Waals surface area contributed by atoms with E-state index >= 15 is 0 Å². The summed E-state index contributed by atoms with van der Waals surface area (Å²) in [5.41, 5.74) is 0.181. The van der Waals surface area contributed by atoms with Crippen molar-refractivity contribution in [3.63, 3.8) is 0 Å². The van der Waals surface area contributed by atoms with Gasteiger partial charge in [-0.2, -0.15) is 0 Å². The van der Waals surface area contributed by atoms with Gasteiger partial charge in [-0.15, -0.1) is 11.8 Å². The number of β-lactam (4-membered cyclic amide) rings is 1. The van der Waals surface area contributed by atoms with E-state index in [1.807, 2.05) is 13.8 Å². The summed E-state index contributed by atoms with van der Waals surface area (Å²) in [5, 5.41) is 2.86. The number of esters is 1. The van der Waals surface area contributed by atoms with Gasteiger partial charge in [-0.1, -0.05) is 53.9 Å². The molecule has 2 heterocycles. The topological polar surface area (TPSA) is 58.6 Å². The average molecular weight is 418 g/mol. The van der Waals surface area contributed by atoms with Crippen LogP contribution in [-0.4, -0.2) is 48.8 Å². The van der Waals surface area contributed by atoms with E-state index in [1.165, 1.54) is 4.90 Å². The Morgan fingerprint density at radius 3 is 2.74 bits per heavy atom. The molecule has 5 nitrogen and oxygen atoms in total. The Balaban J connectivity index is 2.09. The smallest absolute Gasteiger partial charge is 0.354 e. The molecule has 2 aliphatic rings. The molecular formula is C13H15Cl3N2O3S2. The van der Waals surface area contributed by atoms with Crippen LogP contribution in [0.3, 0.4) is 0 Å². The van der Waals surface area contributed by atoms with Crippen molar-refractivity contribution in [1.29, 1.82) is 0 Å². The fraction of sp³-hybridized carbons (Fsp3) is 0.615. The Morgan fingerprint density at radius 2 is 2.17 bits per heavy atom. The fourth-order valence-corrected chi connectivity index (χ4v) is 3.84. The first-order valence-corrected chi connectivity index (χ1v) is 9.36. The van der Waals surface area contributed by atoms with Crippen LogP contribution in [0, 0.1) is 0 Å². The van der Waals surface area contributed by atoms with Gasteiger partial charge >= 0.3 is 5.97 Å². The van der Waals surface area contributed by atoms with Crippen LogP contribution in [-0.2, 0) is 14.3 Å². The number of thioether (sulfide) groups is 1. The van der Waals surface area contributed by atoms with E-state index in [1.54, 1.807) is 17.8 Å². The molecule has 1 N–H and O–H groups in total. The number of thiocarbonyl (C=S) groups is 1. The van der Waals surface area contributed by atoms with E-state index in [0.717, 1.165) is 0 Å². The lowest BCUT2D eigenvalue weighted by Crippen LogP contribution is -2.70. The molecule has 1 saturated heterocycles. The van der Waals surface area contributed by atoms with Gasteiger partial charge in [-0.3, -0.25) is 9.69 Å². The van der Waals surface area contributed by atoms with Crippen LogP contribution in [0.15, 0.2) is 11.8 Å². The molecule has 10 heteroatoms. The zero-order chi connectivity index (χ0) is 17.4. The summed E-state index contributed by atoms with van der Waals surface area (Å²) in [6.45, 7) is 3.46. The lowest BCUT2D eigenvalue weighted by molar-refractivity contribution is -0.151. The van der Waals surface area contributed by atoms with Gasteiger partial charge < -0.3 is 10.1 Å². The Kier molecular flexibility index (Phi) is 6.11. The summed E-state index contributed by atoms with van der Waals surface area (Å²) >= 11 is 23.4. The molecule has 0 spiro atoms.